The van der Waals surface area contributed by atoms with Gasteiger partial charge in [-0.3, -0.25) is 0 Å². The van der Waals surface area contributed by atoms with E-state index < -0.39 is 0 Å². The first kappa shape index (κ1) is 10.9. The summed E-state index contributed by atoms with van der Waals surface area (Å²) in [7, 11) is 0. The maximum Gasteiger partial charge on any atom is 0.187 e. The van der Waals surface area contributed by atoms with E-state index in [0.29, 0.717) is 0 Å². The standard InChI is InChI=1S/C11H17N3S/c1-9-4-6-13-11(14-9)15-8-10-3-2-5-12-7-10/h4,6,10,12H,2-3,5,7-8H2,1H3. The molecular weight excluding hydrogens is 206 g/mol. The lowest BCUT2D eigenvalue weighted by Gasteiger charge is -2.21. The van der Waals surface area contributed by atoms with Gasteiger partial charge in [0.1, 0.15) is 0 Å². The molecule has 1 aromatic rings. The zero-order chi connectivity index (χ0) is 10.5. The van der Waals surface area contributed by atoms with Crippen LogP contribution in [0.15, 0.2) is 17.4 Å². The van der Waals surface area contributed by atoms with E-state index in [1.54, 1.807) is 11.8 Å². The highest BCUT2D eigenvalue weighted by Gasteiger charge is 2.13. The molecule has 1 saturated heterocycles. The number of nitrogens with one attached hydrogen (secondary N) is 1. The number of hydrogen-bond acceptors (Lipinski definition) is 4. The van der Waals surface area contributed by atoms with Crippen LogP contribution in [0.4, 0.5) is 0 Å². The van der Waals surface area contributed by atoms with Gasteiger partial charge in [-0.05, 0) is 44.8 Å². The Labute approximate surface area is 95.1 Å². The van der Waals surface area contributed by atoms with Crippen molar-refractivity contribution in [3.63, 3.8) is 0 Å². The molecule has 0 saturated carbocycles. The van der Waals surface area contributed by atoms with E-state index in [4.69, 9.17) is 0 Å². The van der Waals surface area contributed by atoms with Gasteiger partial charge in [-0.1, -0.05) is 11.8 Å². The number of thioether (sulfide) groups is 1. The molecule has 2 heterocycles. The van der Waals surface area contributed by atoms with E-state index in [-0.39, 0.29) is 0 Å². The van der Waals surface area contributed by atoms with Gasteiger partial charge < -0.3 is 5.32 Å². The molecule has 15 heavy (non-hydrogen) atoms. The van der Waals surface area contributed by atoms with Crippen molar-refractivity contribution in [1.29, 1.82) is 0 Å². The van der Waals surface area contributed by atoms with Gasteiger partial charge in [0.25, 0.3) is 0 Å². The van der Waals surface area contributed by atoms with Crippen molar-refractivity contribution in [2.45, 2.75) is 24.9 Å². The molecule has 0 radical (unpaired) electrons. The van der Waals surface area contributed by atoms with Crippen LogP contribution in [-0.4, -0.2) is 28.8 Å². The average molecular weight is 223 g/mol. The van der Waals surface area contributed by atoms with Gasteiger partial charge in [-0.25, -0.2) is 9.97 Å². The Morgan fingerprint density at radius 3 is 3.27 bits per heavy atom. The number of nitrogens with zero attached hydrogens (tertiary/aromatic N) is 2. The van der Waals surface area contributed by atoms with Crippen LogP contribution in [0.5, 0.6) is 0 Å². The topological polar surface area (TPSA) is 37.8 Å². The van der Waals surface area contributed by atoms with Crippen LogP contribution in [-0.2, 0) is 0 Å². The van der Waals surface area contributed by atoms with Crippen LogP contribution in [0.2, 0.25) is 0 Å². The molecule has 1 N–H and O–H groups in total. The summed E-state index contributed by atoms with van der Waals surface area (Å²) in [5.74, 6) is 1.92. The molecule has 2 rings (SSSR count). The largest absolute Gasteiger partial charge is 0.316 e. The van der Waals surface area contributed by atoms with Crippen LogP contribution >= 0.6 is 11.8 Å². The Morgan fingerprint density at radius 2 is 2.53 bits per heavy atom. The predicted molar refractivity (Wildman–Crippen MR) is 63.1 cm³/mol. The molecule has 0 bridgehead atoms. The molecule has 1 aromatic heterocycles. The summed E-state index contributed by atoms with van der Waals surface area (Å²) >= 11 is 1.78. The predicted octanol–water partition coefficient (Wildman–Crippen LogP) is 1.88. The summed E-state index contributed by atoms with van der Waals surface area (Å²) < 4.78 is 0. The lowest BCUT2D eigenvalue weighted by Crippen LogP contribution is -2.30. The summed E-state index contributed by atoms with van der Waals surface area (Å²) in [5.41, 5.74) is 1.05. The first-order valence-corrected chi connectivity index (χ1v) is 6.46. The Bertz CT molecular complexity index is 310. The second-order valence-corrected chi connectivity index (χ2v) is 4.99. The van der Waals surface area contributed by atoms with Crippen LogP contribution < -0.4 is 5.32 Å². The fourth-order valence-corrected chi connectivity index (χ4v) is 2.77. The number of rotatable bonds is 3. The Kier molecular flexibility index (Phi) is 3.97. The quantitative estimate of drug-likeness (QED) is 0.627. The highest BCUT2D eigenvalue weighted by Crippen LogP contribution is 2.20. The van der Waals surface area contributed by atoms with E-state index in [1.807, 2.05) is 19.2 Å². The van der Waals surface area contributed by atoms with E-state index >= 15 is 0 Å². The fourth-order valence-electron chi connectivity index (χ4n) is 1.75. The van der Waals surface area contributed by atoms with Crippen molar-refractivity contribution < 1.29 is 0 Å². The SMILES string of the molecule is Cc1ccnc(SCC2CCCNC2)n1. The fraction of sp³-hybridized carbons (Fsp3) is 0.636. The highest BCUT2D eigenvalue weighted by atomic mass is 32.2. The van der Waals surface area contributed by atoms with Gasteiger partial charge in [0.05, 0.1) is 0 Å². The summed E-state index contributed by atoms with van der Waals surface area (Å²) in [6.45, 7) is 4.34. The number of aryl methyl sites for hydroxylation is 1. The van der Waals surface area contributed by atoms with Crippen molar-refractivity contribution in [1.82, 2.24) is 15.3 Å². The number of aromatic nitrogens is 2. The minimum absolute atomic E-state index is 0.785. The van der Waals surface area contributed by atoms with E-state index in [1.165, 1.54) is 19.4 Å². The monoisotopic (exact) mass is 223 g/mol. The van der Waals surface area contributed by atoms with Gasteiger partial charge in [0, 0.05) is 17.6 Å². The minimum Gasteiger partial charge on any atom is -0.316 e. The molecule has 82 valence electrons. The zero-order valence-corrected chi connectivity index (χ0v) is 9.89. The smallest absolute Gasteiger partial charge is 0.187 e. The van der Waals surface area contributed by atoms with E-state index in [0.717, 1.165) is 29.1 Å². The number of piperidine rings is 1. The molecule has 0 spiro atoms. The Hall–Kier alpha value is -0.610. The molecule has 1 aliphatic heterocycles. The average Bonchev–Trinajstić information content (AvgIpc) is 2.28. The normalized spacial score (nSPS) is 21.5. The van der Waals surface area contributed by atoms with Gasteiger partial charge >= 0.3 is 0 Å². The van der Waals surface area contributed by atoms with E-state index in [9.17, 15) is 0 Å². The maximum absolute atomic E-state index is 4.39. The third-order valence-electron chi connectivity index (χ3n) is 2.62. The van der Waals surface area contributed by atoms with Crippen LogP contribution in [0.3, 0.4) is 0 Å². The molecule has 1 atom stereocenters. The van der Waals surface area contributed by atoms with Gasteiger partial charge in [-0.15, -0.1) is 0 Å². The van der Waals surface area contributed by atoms with Gasteiger partial charge in [-0.2, -0.15) is 0 Å². The van der Waals surface area contributed by atoms with Crippen molar-refractivity contribution in [2.24, 2.45) is 5.92 Å². The Balaban J connectivity index is 1.81. The van der Waals surface area contributed by atoms with Gasteiger partial charge in [0.2, 0.25) is 0 Å². The lowest BCUT2D eigenvalue weighted by molar-refractivity contribution is 0.410. The molecule has 1 aliphatic rings. The molecule has 0 aliphatic carbocycles. The molecule has 4 heteroatoms. The second kappa shape index (κ2) is 5.47. The number of hydrogen-bond donors (Lipinski definition) is 1. The molecule has 3 nitrogen and oxygen atoms in total. The summed E-state index contributed by atoms with van der Waals surface area (Å²) in [5, 5.41) is 4.35. The maximum atomic E-state index is 4.39. The molecule has 0 aromatic carbocycles. The van der Waals surface area contributed by atoms with Crippen LogP contribution in [0, 0.1) is 12.8 Å². The zero-order valence-electron chi connectivity index (χ0n) is 9.07. The lowest BCUT2D eigenvalue weighted by atomic mass is 10.0. The first-order valence-electron chi connectivity index (χ1n) is 5.48. The van der Waals surface area contributed by atoms with Crippen molar-refractivity contribution in [3.8, 4) is 0 Å². The van der Waals surface area contributed by atoms with Crippen molar-refractivity contribution in [2.75, 3.05) is 18.8 Å². The second-order valence-electron chi connectivity index (χ2n) is 4.00. The third-order valence-corrected chi connectivity index (χ3v) is 3.71. The highest BCUT2D eigenvalue weighted by molar-refractivity contribution is 7.99. The summed E-state index contributed by atoms with van der Waals surface area (Å²) in [6, 6.07) is 1.94. The molecule has 0 amide bonds. The van der Waals surface area contributed by atoms with E-state index in [2.05, 4.69) is 15.3 Å². The summed E-state index contributed by atoms with van der Waals surface area (Å²) in [6.07, 6.45) is 4.48. The van der Waals surface area contributed by atoms with Crippen LogP contribution in [0.1, 0.15) is 18.5 Å². The van der Waals surface area contributed by atoms with Crippen LogP contribution in [0.25, 0.3) is 0 Å². The third kappa shape index (κ3) is 3.47. The Morgan fingerprint density at radius 1 is 1.60 bits per heavy atom. The molecular formula is C11H17N3S. The minimum atomic E-state index is 0.785. The van der Waals surface area contributed by atoms with Crippen molar-refractivity contribution >= 4 is 11.8 Å². The molecule has 1 unspecified atom stereocenters. The van der Waals surface area contributed by atoms with Gasteiger partial charge in [0.15, 0.2) is 5.16 Å². The summed E-state index contributed by atoms with van der Waals surface area (Å²) in [4.78, 5) is 8.64. The first-order chi connectivity index (χ1) is 7.34. The molecule has 1 fully saturated rings. The van der Waals surface area contributed by atoms with Crippen molar-refractivity contribution in [3.05, 3.63) is 18.0 Å².